The number of nitrogens with zero attached hydrogens (tertiary/aromatic N) is 1. The lowest BCUT2D eigenvalue weighted by molar-refractivity contribution is 0.0656. The number of nitrogens with one attached hydrogen (secondary N) is 2. The first kappa shape index (κ1) is 13.1. The first-order valence-electron chi connectivity index (χ1n) is 6.12. The zero-order valence-electron chi connectivity index (χ0n) is 10.6. The Balaban J connectivity index is 1.95. The van der Waals surface area contributed by atoms with Crippen molar-refractivity contribution in [1.82, 2.24) is 15.5 Å². The number of hydrogen-bond acceptors (Lipinski definition) is 3. The van der Waals surface area contributed by atoms with Crippen molar-refractivity contribution in [3.05, 3.63) is 35.4 Å². The van der Waals surface area contributed by atoms with Gasteiger partial charge in [0.25, 0.3) is 11.8 Å². The van der Waals surface area contributed by atoms with Crippen LogP contribution >= 0.6 is 0 Å². The number of urea groups is 1. The first-order chi connectivity index (χ1) is 9.15. The third-order valence-corrected chi connectivity index (χ3v) is 2.84. The summed E-state index contributed by atoms with van der Waals surface area (Å²) in [5.74, 6) is -0.614. The number of amides is 4. The number of rotatable bonds is 4. The number of carbonyl (C=O) groups is 3. The quantitative estimate of drug-likeness (QED) is 0.779. The van der Waals surface area contributed by atoms with Gasteiger partial charge in [0.15, 0.2) is 0 Å². The molecule has 6 heteroatoms. The summed E-state index contributed by atoms with van der Waals surface area (Å²) < 4.78 is 0. The van der Waals surface area contributed by atoms with E-state index >= 15 is 0 Å². The van der Waals surface area contributed by atoms with Crippen LogP contribution in [0.4, 0.5) is 4.79 Å². The Morgan fingerprint density at radius 2 is 1.68 bits per heavy atom. The lowest BCUT2D eigenvalue weighted by Gasteiger charge is -2.14. The normalized spacial score (nSPS) is 13.4. The highest BCUT2D eigenvalue weighted by molar-refractivity contribution is 6.21. The van der Waals surface area contributed by atoms with Crippen LogP contribution in [0.1, 0.15) is 27.6 Å². The van der Waals surface area contributed by atoms with E-state index in [1.165, 1.54) is 0 Å². The van der Waals surface area contributed by atoms with Gasteiger partial charge < -0.3 is 10.6 Å². The van der Waals surface area contributed by atoms with Gasteiger partial charge in [-0.2, -0.15) is 0 Å². The Morgan fingerprint density at radius 3 is 2.21 bits per heavy atom. The third kappa shape index (κ3) is 2.57. The summed E-state index contributed by atoms with van der Waals surface area (Å²) in [4.78, 5) is 36.3. The topological polar surface area (TPSA) is 78.5 Å². The van der Waals surface area contributed by atoms with E-state index in [1.807, 2.05) is 6.92 Å². The molecule has 2 N–H and O–H groups in total. The Hall–Kier alpha value is -2.37. The predicted octanol–water partition coefficient (Wildman–Crippen LogP) is 0.602. The number of imide groups is 1. The predicted molar refractivity (Wildman–Crippen MR) is 68.9 cm³/mol. The van der Waals surface area contributed by atoms with Crippen molar-refractivity contribution in [2.75, 3.05) is 19.6 Å². The zero-order valence-corrected chi connectivity index (χ0v) is 10.6. The van der Waals surface area contributed by atoms with Gasteiger partial charge in [0.1, 0.15) is 0 Å². The molecular weight excluding hydrogens is 246 g/mol. The van der Waals surface area contributed by atoms with E-state index in [0.717, 1.165) is 4.90 Å². The lowest BCUT2D eigenvalue weighted by Crippen LogP contribution is -2.41. The minimum absolute atomic E-state index is 0.170. The highest BCUT2D eigenvalue weighted by Gasteiger charge is 2.34. The van der Waals surface area contributed by atoms with Crippen molar-refractivity contribution >= 4 is 17.8 Å². The molecule has 19 heavy (non-hydrogen) atoms. The Morgan fingerprint density at radius 1 is 1.11 bits per heavy atom. The van der Waals surface area contributed by atoms with Gasteiger partial charge in [-0.3, -0.25) is 14.5 Å². The molecule has 0 bridgehead atoms. The summed E-state index contributed by atoms with van der Waals surface area (Å²) in [6.45, 7) is 2.74. The summed E-state index contributed by atoms with van der Waals surface area (Å²) in [5.41, 5.74) is 0.844. The van der Waals surface area contributed by atoms with E-state index < -0.39 is 0 Å². The summed E-state index contributed by atoms with van der Waals surface area (Å²) in [6.07, 6.45) is 0. The minimum Gasteiger partial charge on any atom is -0.338 e. The summed E-state index contributed by atoms with van der Waals surface area (Å²) in [6, 6.07) is 6.40. The van der Waals surface area contributed by atoms with Crippen LogP contribution in [0.15, 0.2) is 24.3 Å². The van der Waals surface area contributed by atoms with Gasteiger partial charge in [-0.1, -0.05) is 12.1 Å². The average Bonchev–Trinajstić information content (AvgIpc) is 2.65. The Bertz CT molecular complexity index is 493. The van der Waals surface area contributed by atoms with E-state index in [-0.39, 0.29) is 30.9 Å². The largest absolute Gasteiger partial charge is 0.338 e. The van der Waals surface area contributed by atoms with Crippen LogP contribution in [-0.2, 0) is 0 Å². The van der Waals surface area contributed by atoms with Gasteiger partial charge >= 0.3 is 6.03 Å². The molecule has 0 spiro atoms. The van der Waals surface area contributed by atoms with Gasteiger partial charge in [0.2, 0.25) is 0 Å². The van der Waals surface area contributed by atoms with E-state index in [4.69, 9.17) is 0 Å². The highest BCUT2D eigenvalue weighted by Crippen LogP contribution is 2.21. The summed E-state index contributed by atoms with van der Waals surface area (Å²) in [7, 11) is 0. The molecule has 100 valence electrons. The molecule has 2 rings (SSSR count). The van der Waals surface area contributed by atoms with Crippen molar-refractivity contribution in [2.45, 2.75) is 6.92 Å². The van der Waals surface area contributed by atoms with Crippen molar-refractivity contribution in [3.8, 4) is 0 Å². The Labute approximate surface area is 110 Å². The molecule has 1 aliphatic heterocycles. The van der Waals surface area contributed by atoms with Gasteiger partial charge in [-0.05, 0) is 19.1 Å². The molecule has 1 aliphatic rings. The minimum atomic E-state index is -0.307. The van der Waals surface area contributed by atoms with Crippen molar-refractivity contribution < 1.29 is 14.4 Å². The van der Waals surface area contributed by atoms with E-state index in [1.54, 1.807) is 24.3 Å². The number of carbonyl (C=O) groups excluding carboxylic acids is 3. The highest BCUT2D eigenvalue weighted by atomic mass is 16.2. The first-order valence-corrected chi connectivity index (χ1v) is 6.12. The maximum atomic E-state index is 12.0. The summed E-state index contributed by atoms with van der Waals surface area (Å²) in [5, 5.41) is 5.15. The standard InChI is InChI=1S/C13H15N3O3/c1-2-14-13(19)15-7-8-16-11(17)9-5-3-4-6-10(9)12(16)18/h3-6H,2,7-8H2,1H3,(H2,14,15,19). The second-order valence-corrected chi connectivity index (χ2v) is 4.09. The van der Waals surface area contributed by atoms with Crippen LogP contribution in [0.3, 0.4) is 0 Å². The molecule has 1 heterocycles. The van der Waals surface area contributed by atoms with Gasteiger partial charge in [0.05, 0.1) is 11.1 Å². The molecule has 1 aromatic rings. The zero-order chi connectivity index (χ0) is 13.8. The maximum Gasteiger partial charge on any atom is 0.314 e. The van der Waals surface area contributed by atoms with Crippen molar-refractivity contribution in [1.29, 1.82) is 0 Å². The molecule has 1 aromatic carbocycles. The molecular formula is C13H15N3O3. The van der Waals surface area contributed by atoms with E-state index in [0.29, 0.717) is 17.7 Å². The Kier molecular flexibility index (Phi) is 3.79. The molecule has 0 radical (unpaired) electrons. The number of benzene rings is 1. The molecule has 0 aliphatic carbocycles. The van der Waals surface area contributed by atoms with Crippen molar-refractivity contribution in [3.63, 3.8) is 0 Å². The fraction of sp³-hybridized carbons (Fsp3) is 0.308. The van der Waals surface area contributed by atoms with E-state index in [9.17, 15) is 14.4 Å². The third-order valence-electron chi connectivity index (χ3n) is 2.84. The fourth-order valence-corrected chi connectivity index (χ4v) is 1.95. The lowest BCUT2D eigenvalue weighted by atomic mass is 10.1. The second-order valence-electron chi connectivity index (χ2n) is 4.09. The molecule has 0 unspecified atom stereocenters. The van der Waals surface area contributed by atoms with Crippen LogP contribution in [0.25, 0.3) is 0 Å². The number of hydrogen-bond donors (Lipinski definition) is 2. The second kappa shape index (κ2) is 5.51. The van der Waals surface area contributed by atoms with Crippen LogP contribution < -0.4 is 10.6 Å². The van der Waals surface area contributed by atoms with Crippen LogP contribution in [0, 0.1) is 0 Å². The van der Waals surface area contributed by atoms with E-state index in [2.05, 4.69) is 10.6 Å². The molecule has 4 amide bonds. The smallest absolute Gasteiger partial charge is 0.314 e. The maximum absolute atomic E-state index is 12.0. The summed E-state index contributed by atoms with van der Waals surface area (Å²) >= 11 is 0. The molecule has 0 saturated heterocycles. The van der Waals surface area contributed by atoms with Gasteiger partial charge in [-0.15, -0.1) is 0 Å². The fourth-order valence-electron chi connectivity index (χ4n) is 1.95. The molecule has 0 saturated carbocycles. The van der Waals surface area contributed by atoms with Crippen LogP contribution in [0.5, 0.6) is 0 Å². The van der Waals surface area contributed by atoms with Gasteiger partial charge in [-0.25, -0.2) is 4.79 Å². The number of fused-ring (bicyclic) bond motifs is 1. The van der Waals surface area contributed by atoms with Crippen LogP contribution in [-0.4, -0.2) is 42.4 Å². The van der Waals surface area contributed by atoms with Crippen LogP contribution in [0.2, 0.25) is 0 Å². The van der Waals surface area contributed by atoms with Gasteiger partial charge in [0, 0.05) is 19.6 Å². The van der Waals surface area contributed by atoms with Crippen molar-refractivity contribution in [2.24, 2.45) is 0 Å². The SMILES string of the molecule is CCNC(=O)NCCN1C(=O)c2ccccc2C1=O. The average molecular weight is 261 g/mol. The molecule has 0 fully saturated rings. The molecule has 6 nitrogen and oxygen atoms in total. The monoisotopic (exact) mass is 261 g/mol. The molecule has 0 aromatic heterocycles. The molecule has 0 atom stereocenters.